The van der Waals surface area contributed by atoms with Crippen LogP contribution in [-0.2, 0) is 9.53 Å². The Morgan fingerprint density at radius 2 is 1.96 bits per heavy atom. The van der Waals surface area contributed by atoms with E-state index in [2.05, 4.69) is 5.32 Å². The van der Waals surface area contributed by atoms with Crippen molar-refractivity contribution in [1.82, 2.24) is 10.2 Å². The van der Waals surface area contributed by atoms with E-state index in [0.29, 0.717) is 43.1 Å². The predicted molar refractivity (Wildman–Crippen MR) is 97.2 cm³/mol. The van der Waals surface area contributed by atoms with Gasteiger partial charge in [0.2, 0.25) is 5.91 Å². The van der Waals surface area contributed by atoms with Crippen molar-refractivity contribution in [2.75, 3.05) is 26.2 Å². The van der Waals surface area contributed by atoms with Crippen LogP contribution in [0.4, 0.5) is 4.79 Å². The Bertz CT molecular complexity index is 697. The van der Waals surface area contributed by atoms with Gasteiger partial charge in [0.1, 0.15) is 12.4 Å². The molecule has 142 valence electrons. The lowest BCUT2D eigenvalue weighted by Crippen LogP contribution is -2.50. The van der Waals surface area contributed by atoms with Gasteiger partial charge in [0.05, 0.1) is 16.0 Å². The molecule has 2 aliphatic heterocycles. The molecule has 2 atom stereocenters. The van der Waals surface area contributed by atoms with Gasteiger partial charge in [0.25, 0.3) is 0 Å². The molecule has 2 unspecified atom stereocenters. The summed E-state index contributed by atoms with van der Waals surface area (Å²) in [7, 11) is 0. The summed E-state index contributed by atoms with van der Waals surface area (Å²) in [6.45, 7) is 1.56. The molecule has 0 bridgehead atoms. The SMILES string of the molecule is NC(c1cc(Cl)c(Cl)cc1O)C1CCN(C(=O)C2CNC(=O)OC2)CC1. The summed E-state index contributed by atoms with van der Waals surface area (Å²) < 4.78 is 4.89. The quantitative estimate of drug-likeness (QED) is 0.720. The van der Waals surface area contributed by atoms with Gasteiger partial charge in [-0.25, -0.2) is 4.79 Å². The number of rotatable bonds is 3. The number of aromatic hydroxyl groups is 1. The first-order valence-electron chi connectivity index (χ1n) is 8.49. The van der Waals surface area contributed by atoms with E-state index in [9.17, 15) is 14.7 Å². The maximum atomic E-state index is 12.5. The van der Waals surface area contributed by atoms with Crippen LogP contribution in [0.5, 0.6) is 5.75 Å². The molecule has 1 aromatic carbocycles. The molecule has 2 heterocycles. The van der Waals surface area contributed by atoms with Gasteiger partial charge in [-0.05, 0) is 24.8 Å². The topological polar surface area (TPSA) is 105 Å². The number of phenolic OH excluding ortho intramolecular Hbond substituents is 1. The number of ether oxygens (including phenoxy) is 1. The molecule has 0 spiro atoms. The zero-order chi connectivity index (χ0) is 18.8. The third-order valence-corrected chi connectivity index (χ3v) is 5.77. The van der Waals surface area contributed by atoms with E-state index in [1.807, 2.05) is 0 Å². The van der Waals surface area contributed by atoms with E-state index in [-0.39, 0.29) is 41.2 Å². The minimum Gasteiger partial charge on any atom is -0.508 e. The molecule has 9 heteroatoms. The molecule has 0 radical (unpaired) electrons. The smallest absolute Gasteiger partial charge is 0.407 e. The Hall–Kier alpha value is -1.70. The Kier molecular flexibility index (Phi) is 5.79. The van der Waals surface area contributed by atoms with Crippen LogP contribution in [0.3, 0.4) is 0 Å². The second kappa shape index (κ2) is 7.90. The number of nitrogens with two attached hydrogens (primary N) is 1. The lowest BCUT2D eigenvalue weighted by atomic mass is 9.85. The van der Waals surface area contributed by atoms with Crippen molar-refractivity contribution in [1.29, 1.82) is 0 Å². The number of halogens is 2. The van der Waals surface area contributed by atoms with Gasteiger partial charge in [0, 0.05) is 37.3 Å². The third kappa shape index (κ3) is 4.00. The number of carbonyl (C=O) groups is 2. The van der Waals surface area contributed by atoms with Crippen LogP contribution in [-0.4, -0.2) is 48.2 Å². The molecule has 1 aromatic rings. The second-order valence-electron chi connectivity index (χ2n) is 6.69. The maximum absolute atomic E-state index is 12.5. The highest BCUT2D eigenvalue weighted by atomic mass is 35.5. The van der Waals surface area contributed by atoms with E-state index in [0.717, 1.165) is 0 Å². The summed E-state index contributed by atoms with van der Waals surface area (Å²) in [5.74, 6) is -0.226. The van der Waals surface area contributed by atoms with Crippen LogP contribution in [0.15, 0.2) is 12.1 Å². The monoisotopic (exact) mass is 401 g/mol. The first kappa shape index (κ1) is 19.1. The number of hydrogen-bond acceptors (Lipinski definition) is 5. The highest BCUT2D eigenvalue weighted by Gasteiger charge is 2.33. The Labute approximate surface area is 161 Å². The zero-order valence-corrected chi connectivity index (χ0v) is 15.6. The highest BCUT2D eigenvalue weighted by molar-refractivity contribution is 6.42. The van der Waals surface area contributed by atoms with Gasteiger partial charge in [-0.15, -0.1) is 0 Å². The van der Waals surface area contributed by atoms with Crippen LogP contribution in [0.2, 0.25) is 10.0 Å². The van der Waals surface area contributed by atoms with E-state index < -0.39 is 6.09 Å². The summed E-state index contributed by atoms with van der Waals surface area (Å²) >= 11 is 11.9. The number of alkyl carbamates (subject to hydrolysis) is 1. The molecule has 2 fully saturated rings. The van der Waals surface area contributed by atoms with Gasteiger partial charge < -0.3 is 25.8 Å². The van der Waals surface area contributed by atoms with Crippen LogP contribution >= 0.6 is 23.2 Å². The fraction of sp³-hybridized carbons (Fsp3) is 0.529. The highest BCUT2D eigenvalue weighted by Crippen LogP contribution is 2.37. The van der Waals surface area contributed by atoms with Crippen molar-refractivity contribution in [3.05, 3.63) is 27.7 Å². The molecule has 0 aromatic heterocycles. The number of piperidine rings is 1. The summed E-state index contributed by atoms with van der Waals surface area (Å²) in [4.78, 5) is 25.3. The summed E-state index contributed by atoms with van der Waals surface area (Å²) in [5.41, 5.74) is 6.90. The largest absolute Gasteiger partial charge is 0.508 e. The molecule has 0 aliphatic carbocycles. The second-order valence-corrected chi connectivity index (χ2v) is 7.50. The number of phenols is 1. The zero-order valence-electron chi connectivity index (χ0n) is 14.1. The predicted octanol–water partition coefficient (Wildman–Crippen LogP) is 2.29. The van der Waals surface area contributed by atoms with Crippen molar-refractivity contribution in [3.8, 4) is 5.75 Å². The van der Waals surface area contributed by atoms with Gasteiger partial charge in [-0.1, -0.05) is 23.2 Å². The third-order valence-electron chi connectivity index (χ3n) is 5.05. The fourth-order valence-electron chi connectivity index (χ4n) is 3.46. The average Bonchev–Trinajstić information content (AvgIpc) is 2.64. The number of likely N-dealkylation sites (tertiary alicyclic amines) is 1. The molecule has 26 heavy (non-hydrogen) atoms. The molecular weight excluding hydrogens is 381 g/mol. The molecule has 2 aliphatic rings. The molecule has 3 rings (SSSR count). The Balaban J connectivity index is 1.59. The van der Waals surface area contributed by atoms with E-state index in [1.54, 1.807) is 11.0 Å². The number of hydrogen-bond donors (Lipinski definition) is 3. The Morgan fingerprint density at radius 3 is 2.58 bits per heavy atom. The maximum Gasteiger partial charge on any atom is 0.407 e. The molecule has 2 amide bonds. The van der Waals surface area contributed by atoms with Crippen molar-refractivity contribution in [3.63, 3.8) is 0 Å². The molecule has 2 saturated heterocycles. The number of carbonyl (C=O) groups excluding carboxylic acids is 2. The normalized spacial score (nSPS) is 22.5. The van der Waals surface area contributed by atoms with E-state index >= 15 is 0 Å². The van der Waals surface area contributed by atoms with Crippen LogP contribution < -0.4 is 11.1 Å². The molecule has 4 N–H and O–H groups in total. The first-order chi connectivity index (χ1) is 12.4. The van der Waals surface area contributed by atoms with Gasteiger partial charge in [0.15, 0.2) is 0 Å². The molecule has 7 nitrogen and oxygen atoms in total. The molecule has 0 saturated carbocycles. The van der Waals surface area contributed by atoms with Gasteiger partial charge >= 0.3 is 6.09 Å². The number of nitrogens with one attached hydrogen (secondary N) is 1. The van der Waals surface area contributed by atoms with Crippen molar-refractivity contribution < 1.29 is 19.4 Å². The summed E-state index contributed by atoms with van der Waals surface area (Å²) in [5, 5.41) is 13.3. The van der Waals surface area contributed by atoms with Crippen molar-refractivity contribution in [2.24, 2.45) is 17.6 Å². The number of amides is 2. The fourth-order valence-corrected chi connectivity index (χ4v) is 3.79. The minimum atomic E-state index is -0.486. The number of nitrogens with zero attached hydrogens (tertiary/aromatic N) is 1. The summed E-state index contributed by atoms with van der Waals surface area (Å²) in [6, 6.07) is 2.61. The summed E-state index contributed by atoms with van der Waals surface area (Å²) in [6.07, 6.45) is 0.944. The van der Waals surface area contributed by atoms with E-state index in [1.165, 1.54) is 6.07 Å². The van der Waals surface area contributed by atoms with Crippen molar-refractivity contribution >= 4 is 35.2 Å². The molecular formula is C17H21Cl2N3O4. The van der Waals surface area contributed by atoms with Gasteiger partial charge in [-0.3, -0.25) is 4.79 Å². The number of benzene rings is 1. The lowest BCUT2D eigenvalue weighted by molar-refractivity contribution is -0.138. The van der Waals surface area contributed by atoms with E-state index in [4.69, 9.17) is 33.7 Å². The average molecular weight is 402 g/mol. The standard InChI is InChI=1S/C17H21Cl2N3O4/c18-12-5-11(14(23)6-13(12)19)15(20)9-1-3-22(4-2-9)16(24)10-7-21-17(25)26-8-10/h5-6,9-10,15,23H,1-4,7-8,20H2,(H,21,25). The first-order valence-corrected chi connectivity index (χ1v) is 9.25. The minimum absolute atomic E-state index is 0.0191. The van der Waals surface area contributed by atoms with Crippen LogP contribution in [0.25, 0.3) is 0 Å². The Morgan fingerprint density at radius 1 is 1.31 bits per heavy atom. The number of cyclic esters (lactones) is 1. The lowest BCUT2D eigenvalue weighted by Gasteiger charge is -2.37. The van der Waals surface area contributed by atoms with Crippen molar-refractivity contribution in [2.45, 2.75) is 18.9 Å². The van der Waals surface area contributed by atoms with Gasteiger partial charge in [-0.2, -0.15) is 0 Å². The van der Waals surface area contributed by atoms with Crippen LogP contribution in [0.1, 0.15) is 24.4 Å². The van der Waals surface area contributed by atoms with Crippen LogP contribution in [0, 0.1) is 11.8 Å².